The number of nitrogens with one attached hydrogen (secondary N) is 1. The van der Waals surface area contributed by atoms with E-state index in [0.29, 0.717) is 5.56 Å². The molecule has 3 nitrogen and oxygen atoms in total. The number of aromatic nitrogens is 1. The van der Waals surface area contributed by atoms with Gasteiger partial charge in [-0.3, -0.25) is 4.79 Å². The quantitative estimate of drug-likeness (QED) is 0.857. The summed E-state index contributed by atoms with van der Waals surface area (Å²) in [6.07, 6.45) is 3.61. The molecule has 1 aromatic carbocycles. The molecule has 0 aliphatic rings. The van der Waals surface area contributed by atoms with E-state index in [4.69, 9.17) is 0 Å². The van der Waals surface area contributed by atoms with Crippen LogP contribution in [0.5, 0.6) is 0 Å². The number of hydrogen-bond donors (Lipinski definition) is 1. The second-order valence-electron chi connectivity index (χ2n) is 5.84. The summed E-state index contributed by atoms with van der Waals surface area (Å²) in [5.74, 6) is -0.129. The number of anilines is 1. The van der Waals surface area contributed by atoms with Crippen molar-refractivity contribution in [1.29, 1.82) is 0 Å². The van der Waals surface area contributed by atoms with E-state index < -0.39 is 0 Å². The van der Waals surface area contributed by atoms with Crippen molar-refractivity contribution >= 4 is 23.4 Å². The molecule has 0 aliphatic heterocycles. The van der Waals surface area contributed by atoms with Gasteiger partial charge in [0, 0.05) is 11.9 Å². The second-order valence-corrected chi connectivity index (χ2v) is 6.64. The van der Waals surface area contributed by atoms with Crippen molar-refractivity contribution in [3.63, 3.8) is 0 Å². The smallest absolute Gasteiger partial charge is 0.258 e. The molecule has 0 unspecified atom stereocenters. The Labute approximate surface area is 130 Å². The Hall–Kier alpha value is -1.81. The summed E-state index contributed by atoms with van der Waals surface area (Å²) in [6.45, 7) is 6.50. The van der Waals surface area contributed by atoms with Gasteiger partial charge in [0.25, 0.3) is 5.91 Å². The maximum Gasteiger partial charge on any atom is 0.258 e. The third-order valence-electron chi connectivity index (χ3n) is 3.22. The van der Waals surface area contributed by atoms with Crippen LogP contribution in [0.1, 0.15) is 36.7 Å². The van der Waals surface area contributed by atoms with Crippen molar-refractivity contribution < 1.29 is 4.79 Å². The van der Waals surface area contributed by atoms with Crippen LogP contribution < -0.4 is 5.32 Å². The number of carbonyl (C=O) groups excluding carboxylic acids is 1. The number of hydrogen-bond acceptors (Lipinski definition) is 3. The molecule has 2 rings (SSSR count). The van der Waals surface area contributed by atoms with Gasteiger partial charge in [-0.1, -0.05) is 32.9 Å². The Morgan fingerprint density at radius 2 is 1.81 bits per heavy atom. The maximum absolute atomic E-state index is 12.3. The first-order valence-corrected chi connectivity index (χ1v) is 8.05. The second kappa shape index (κ2) is 6.31. The average Bonchev–Trinajstić information content (AvgIpc) is 2.46. The fourth-order valence-corrected chi connectivity index (χ4v) is 2.53. The fraction of sp³-hybridized carbons (Fsp3) is 0.294. The zero-order valence-corrected chi connectivity index (χ0v) is 13.6. The Morgan fingerprint density at radius 1 is 1.14 bits per heavy atom. The summed E-state index contributed by atoms with van der Waals surface area (Å²) < 4.78 is 0. The topological polar surface area (TPSA) is 42.0 Å². The summed E-state index contributed by atoms with van der Waals surface area (Å²) in [6, 6.07) is 11.5. The highest BCUT2D eigenvalue weighted by atomic mass is 32.2. The standard InChI is InChI=1S/C17H20N2OS/c1-17(2,3)12-7-9-13(10-8-12)19-15(20)14-6-5-11-18-16(14)21-4/h5-11H,1-4H3,(H,19,20). The van der Waals surface area contributed by atoms with Crippen LogP contribution in [0, 0.1) is 0 Å². The van der Waals surface area contributed by atoms with Crippen molar-refractivity contribution in [2.24, 2.45) is 0 Å². The van der Waals surface area contributed by atoms with Gasteiger partial charge < -0.3 is 5.32 Å². The molecule has 4 heteroatoms. The van der Waals surface area contributed by atoms with Crippen LogP contribution >= 0.6 is 11.8 Å². The molecule has 0 aliphatic carbocycles. The van der Waals surface area contributed by atoms with E-state index in [1.54, 1.807) is 18.3 Å². The highest BCUT2D eigenvalue weighted by Gasteiger charge is 2.14. The number of carbonyl (C=O) groups is 1. The average molecular weight is 300 g/mol. The molecule has 1 aromatic heterocycles. The van der Waals surface area contributed by atoms with Crippen LogP contribution in [-0.2, 0) is 5.41 Å². The van der Waals surface area contributed by atoms with Crippen LogP contribution in [0.15, 0.2) is 47.6 Å². The lowest BCUT2D eigenvalue weighted by Gasteiger charge is -2.19. The zero-order chi connectivity index (χ0) is 15.5. The van der Waals surface area contributed by atoms with Gasteiger partial charge in [-0.05, 0) is 41.5 Å². The number of nitrogens with zero attached hydrogens (tertiary/aromatic N) is 1. The van der Waals surface area contributed by atoms with Gasteiger partial charge in [0.2, 0.25) is 0 Å². The molecular weight excluding hydrogens is 280 g/mol. The number of rotatable bonds is 3. The molecule has 21 heavy (non-hydrogen) atoms. The van der Waals surface area contributed by atoms with Crippen LogP contribution in [0.4, 0.5) is 5.69 Å². The van der Waals surface area contributed by atoms with Crippen molar-refractivity contribution in [1.82, 2.24) is 4.98 Å². The first-order chi connectivity index (χ1) is 9.91. The van der Waals surface area contributed by atoms with E-state index in [9.17, 15) is 4.79 Å². The molecule has 1 heterocycles. The number of pyridine rings is 1. The lowest BCUT2D eigenvalue weighted by molar-refractivity contribution is 0.102. The van der Waals surface area contributed by atoms with E-state index in [1.807, 2.05) is 30.5 Å². The minimum atomic E-state index is -0.129. The Bertz CT molecular complexity index is 630. The SMILES string of the molecule is CSc1ncccc1C(=O)Nc1ccc(C(C)(C)C)cc1. The van der Waals surface area contributed by atoms with Gasteiger partial charge in [0.15, 0.2) is 0 Å². The lowest BCUT2D eigenvalue weighted by atomic mass is 9.87. The Balaban J connectivity index is 2.16. The third-order valence-corrected chi connectivity index (χ3v) is 3.93. The van der Waals surface area contributed by atoms with E-state index in [-0.39, 0.29) is 11.3 Å². The summed E-state index contributed by atoms with van der Waals surface area (Å²) in [5, 5.41) is 3.66. The minimum Gasteiger partial charge on any atom is -0.322 e. The molecule has 110 valence electrons. The first kappa shape index (κ1) is 15.6. The molecule has 1 N–H and O–H groups in total. The van der Waals surface area contributed by atoms with Crippen LogP contribution in [0.3, 0.4) is 0 Å². The monoisotopic (exact) mass is 300 g/mol. The van der Waals surface area contributed by atoms with Crippen LogP contribution in [0.2, 0.25) is 0 Å². The summed E-state index contributed by atoms with van der Waals surface area (Å²) in [5.41, 5.74) is 2.75. The Kier molecular flexibility index (Phi) is 4.68. The lowest BCUT2D eigenvalue weighted by Crippen LogP contribution is -2.14. The highest BCUT2D eigenvalue weighted by molar-refractivity contribution is 7.98. The van der Waals surface area contributed by atoms with Crippen molar-refractivity contribution in [3.8, 4) is 0 Å². The highest BCUT2D eigenvalue weighted by Crippen LogP contribution is 2.24. The van der Waals surface area contributed by atoms with Gasteiger partial charge >= 0.3 is 0 Å². The normalized spacial score (nSPS) is 11.2. The zero-order valence-electron chi connectivity index (χ0n) is 12.8. The maximum atomic E-state index is 12.3. The molecular formula is C17H20N2OS. The summed E-state index contributed by atoms with van der Waals surface area (Å²) >= 11 is 1.47. The molecule has 0 spiro atoms. The first-order valence-electron chi connectivity index (χ1n) is 6.83. The molecule has 2 aromatic rings. The van der Waals surface area contributed by atoms with Crippen LogP contribution in [0.25, 0.3) is 0 Å². The minimum absolute atomic E-state index is 0.109. The molecule has 0 atom stereocenters. The largest absolute Gasteiger partial charge is 0.322 e. The summed E-state index contributed by atoms with van der Waals surface area (Å²) in [7, 11) is 0. The van der Waals surface area contributed by atoms with Gasteiger partial charge in [-0.25, -0.2) is 4.98 Å². The molecule has 0 saturated carbocycles. The van der Waals surface area contributed by atoms with E-state index in [0.717, 1.165) is 10.7 Å². The predicted octanol–water partition coefficient (Wildman–Crippen LogP) is 4.35. The number of thioether (sulfide) groups is 1. The third kappa shape index (κ3) is 3.85. The predicted molar refractivity (Wildman–Crippen MR) is 89.1 cm³/mol. The van der Waals surface area contributed by atoms with E-state index in [2.05, 4.69) is 31.1 Å². The molecule has 0 fully saturated rings. The molecule has 1 amide bonds. The van der Waals surface area contributed by atoms with Crippen molar-refractivity contribution in [2.45, 2.75) is 31.2 Å². The van der Waals surface area contributed by atoms with E-state index >= 15 is 0 Å². The molecule has 0 radical (unpaired) electrons. The van der Waals surface area contributed by atoms with Crippen molar-refractivity contribution in [2.75, 3.05) is 11.6 Å². The Morgan fingerprint density at radius 3 is 2.38 bits per heavy atom. The molecule has 0 bridgehead atoms. The van der Waals surface area contributed by atoms with Gasteiger partial charge in [0.05, 0.1) is 5.56 Å². The van der Waals surface area contributed by atoms with Crippen molar-refractivity contribution in [3.05, 3.63) is 53.7 Å². The van der Waals surface area contributed by atoms with Gasteiger partial charge in [-0.15, -0.1) is 11.8 Å². The van der Waals surface area contributed by atoms with Crippen LogP contribution in [-0.4, -0.2) is 17.1 Å². The van der Waals surface area contributed by atoms with Gasteiger partial charge in [0.1, 0.15) is 5.03 Å². The molecule has 0 saturated heterocycles. The fourth-order valence-electron chi connectivity index (χ4n) is 1.98. The van der Waals surface area contributed by atoms with Gasteiger partial charge in [-0.2, -0.15) is 0 Å². The number of benzene rings is 1. The van der Waals surface area contributed by atoms with E-state index in [1.165, 1.54) is 17.3 Å². The number of amides is 1. The summed E-state index contributed by atoms with van der Waals surface area (Å²) in [4.78, 5) is 16.5.